The molecule has 6 nitrogen and oxygen atoms in total. The Labute approximate surface area is 118 Å². The summed E-state index contributed by atoms with van der Waals surface area (Å²) in [6, 6.07) is 4.50. The summed E-state index contributed by atoms with van der Waals surface area (Å²) in [4.78, 5) is 10.9. The number of nitrogens with one attached hydrogen (secondary N) is 1. The first-order chi connectivity index (χ1) is 9.86. The Morgan fingerprint density at radius 1 is 1.35 bits per heavy atom. The van der Waals surface area contributed by atoms with Gasteiger partial charge in [-0.2, -0.15) is 5.10 Å². The maximum Gasteiger partial charge on any atom is 0.178 e. The monoisotopic (exact) mass is 272 g/mol. The zero-order valence-electron chi connectivity index (χ0n) is 11.7. The molecule has 0 unspecified atom stereocenters. The molecule has 1 aliphatic heterocycles. The van der Waals surface area contributed by atoms with Crippen molar-refractivity contribution in [3.05, 3.63) is 31.0 Å². The predicted octanol–water partition coefficient (Wildman–Crippen LogP) is 1.56. The van der Waals surface area contributed by atoms with Crippen LogP contribution in [-0.2, 0) is 0 Å². The van der Waals surface area contributed by atoms with Gasteiger partial charge < -0.3 is 10.2 Å². The highest BCUT2D eigenvalue weighted by Gasteiger charge is 2.19. The summed E-state index contributed by atoms with van der Waals surface area (Å²) < 4.78 is 1.70. The molecule has 3 rings (SSSR count). The molecule has 3 heterocycles. The second-order valence-corrected chi connectivity index (χ2v) is 5.07. The van der Waals surface area contributed by atoms with Crippen LogP contribution in [0.2, 0.25) is 0 Å². The lowest BCUT2D eigenvalue weighted by Gasteiger charge is -2.32. The van der Waals surface area contributed by atoms with Crippen LogP contribution in [0.1, 0.15) is 19.8 Å². The summed E-state index contributed by atoms with van der Waals surface area (Å²) in [6.07, 6.45) is 7.31. The molecule has 1 saturated heterocycles. The van der Waals surface area contributed by atoms with Gasteiger partial charge in [-0.25, -0.2) is 14.6 Å². The van der Waals surface area contributed by atoms with Crippen molar-refractivity contribution in [2.75, 3.05) is 25.0 Å². The lowest BCUT2D eigenvalue weighted by molar-refractivity contribution is 0.229. The van der Waals surface area contributed by atoms with E-state index in [2.05, 4.69) is 38.3 Å². The summed E-state index contributed by atoms with van der Waals surface area (Å²) in [5.41, 5.74) is 1.02. The molecule has 2 aromatic heterocycles. The molecule has 0 bridgehead atoms. The Bertz CT molecular complexity index is 530. The summed E-state index contributed by atoms with van der Waals surface area (Å²) >= 11 is 0. The maximum atomic E-state index is 4.41. The fraction of sp³-hybridized carbons (Fsp3) is 0.500. The van der Waals surface area contributed by atoms with Gasteiger partial charge in [0.25, 0.3) is 0 Å². The number of aromatic nitrogens is 4. The number of pyridine rings is 1. The van der Waals surface area contributed by atoms with Gasteiger partial charge in [0.15, 0.2) is 5.82 Å². The zero-order chi connectivity index (χ0) is 13.8. The first-order valence-electron chi connectivity index (χ1n) is 7.15. The van der Waals surface area contributed by atoms with E-state index < -0.39 is 0 Å². The molecule has 0 spiro atoms. The Hall–Kier alpha value is -1.95. The molecule has 0 atom stereocenters. The fourth-order valence-electron chi connectivity index (χ4n) is 2.62. The highest BCUT2D eigenvalue weighted by atomic mass is 15.3. The van der Waals surface area contributed by atoms with Crippen LogP contribution in [0.4, 0.5) is 5.69 Å². The minimum Gasteiger partial charge on any atom is -0.379 e. The van der Waals surface area contributed by atoms with Gasteiger partial charge in [-0.05, 0) is 31.5 Å². The second-order valence-electron chi connectivity index (χ2n) is 5.07. The summed E-state index contributed by atoms with van der Waals surface area (Å²) in [7, 11) is 0. The first kappa shape index (κ1) is 13.1. The predicted molar refractivity (Wildman–Crippen MR) is 77.9 cm³/mol. The molecule has 1 aliphatic rings. The third kappa shape index (κ3) is 2.80. The van der Waals surface area contributed by atoms with Crippen LogP contribution in [0.25, 0.3) is 5.82 Å². The Kier molecular flexibility index (Phi) is 3.92. The van der Waals surface area contributed by atoms with Gasteiger partial charge in [0.05, 0.1) is 5.69 Å². The average molecular weight is 272 g/mol. The van der Waals surface area contributed by atoms with E-state index in [0.717, 1.165) is 31.1 Å². The maximum absolute atomic E-state index is 4.41. The van der Waals surface area contributed by atoms with Crippen LogP contribution in [0, 0.1) is 0 Å². The smallest absolute Gasteiger partial charge is 0.178 e. The van der Waals surface area contributed by atoms with Gasteiger partial charge >= 0.3 is 0 Å². The molecule has 2 aromatic rings. The zero-order valence-corrected chi connectivity index (χ0v) is 11.7. The third-order valence-corrected chi connectivity index (χ3v) is 3.82. The average Bonchev–Trinajstić information content (AvgIpc) is 3.03. The number of hydrogen-bond donors (Lipinski definition) is 1. The molecule has 0 radical (unpaired) electrons. The van der Waals surface area contributed by atoms with E-state index in [1.54, 1.807) is 17.2 Å². The molecule has 20 heavy (non-hydrogen) atoms. The Morgan fingerprint density at radius 3 is 2.90 bits per heavy atom. The van der Waals surface area contributed by atoms with Crippen molar-refractivity contribution in [1.82, 2.24) is 24.6 Å². The van der Waals surface area contributed by atoms with E-state index in [1.165, 1.54) is 19.2 Å². The lowest BCUT2D eigenvalue weighted by Crippen LogP contribution is -2.39. The molecular weight excluding hydrogens is 252 g/mol. The van der Waals surface area contributed by atoms with Gasteiger partial charge in [-0.3, -0.25) is 0 Å². The molecule has 0 amide bonds. The van der Waals surface area contributed by atoms with E-state index in [9.17, 15) is 0 Å². The highest BCUT2D eigenvalue weighted by Crippen LogP contribution is 2.20. The van der Waals surface area contributed by atoms with E-state index in [-0.39, 0.29) is 0 Å². The first-order valence-corrected chi connectivity index (χ1v) is 7.15. The van der Waals surface area contributed by atoms with Crippen LogP contribution in [0.15, 0.2) is 31.0 Å². The molecule has 6 heteroatoms. The normalized spacial score (nSPS) is 17.2. The largest absolute Gasteiger partial charge is 0.379 e. The summed E-state index contributed by atoms with van der Waals surface area (Å²) in [5, 5.41) is 7.76. The van der Waals surface area contributed by atoms with Crippen LogP contribution in [0.5, 0.6) is 0 Å². The number of nitrogens with zero attached hydrogens (tertiary/aromatic N) is 5. The summed E-state index contributed by atoms with van der Waals surface area (Å²) in [6.45, 7) is 5.68. The third-order valence-electron chi connectivity index (χ3n) is 3.82. The molecular formula is C14H20N6. The Morgan fingerprint density at radius 2 is 2.20 bits per heavy atom. The van der Waals surface area contributed by atoms with Crippen molar-refractivity contribution in [2.24, 2.45) is 0 Å². The van der Waals surface area contributed by atoms with E-state index >= 15 is 0 Å². The fourth-order valence-corrected chi connectivity index (χ4v) is 2.62. The quantitative estimate of drug-likeness (QED) is 0.915. The molecule has 0 saturated carbocycles. The standard InChI is InChI=1S/C14H20N6/c1-2-19-8-5-12(6-9-19)18-13-4-3-7-16-14(13)20-11-15-10-17-20/h3-4,7,10-12,18H,2,5-6,8-9H2,1H3. The molecule has 0 aliphatic carbocycles. The van der Waals surface area contributed by atoms with Gasteiger partial charge in [0.1, 0.15) is 12.7 Å². The van der Waals surface area contributed by atoms with Gasteiger partial charge in [-0.15, -0.1) is 0 Å². The Balaban J connectivity index is 1.72. The summed E-state index contributed by atoms with van der Waals surface area (Å²) in [5.74, 6) is 0.808. The van der Waals surface area contributed by atoms with Crippen LogP contribution in [-0.4, -0.2) is 50.3 Å². The van der Waals surface area contributed by atoms with Crippen molar-refractivity contribution in [1.29, 1.82) is 0 Å². The molecule has 106 valence electrons. The number of likely N-dealkylation sites (tertiary alicyclic amines) is 1. The minimum absolute atomic E-state index is 0.504. The topological polar surface area (TPSA) is 58.9 Å². The van der Waals surface area contributed by atoms with Crippen LogP contribution >= 0.6 is 0 Å². The molecule has 1 fully saturated rings. The van der Waals surface area contributed by atoms with Crippen molar-refractivity contribution in [3.8, 4) is 5.82 Å². The van der Waals surface area contributed by atoms with Crippen LogP contribution < -0.4 is 5.32 Å². The van der Waals surface area contributed by atoms with E-state index in [4.69, 9.17) is 0 Å². The van der Waals surface area contributed by atoms with Crippen molar-refractivity contribution >= 4 is 5.69 Å². The number of piperidine rings is 1. The van der Waals surface area contributed by atoms with Crippen molar-refractivity contribution in [2.45, 2.75) is 25.8 Å². The second kappa shape index (κ2) is 6.00. The van der Waals surface area contributed by atoms with Crippen molar-refractivity contribution in [3.63, 3.8) is 0 Å². The molecule has 1 N–H and O–H groups in total. The lowest BCUT2D eigenvalue weighted by atomic mass is 10.0. The number of anilines is 1. The minimum atomic E-state index is 0.504. The van der Waals surface area contributed by atoms with Crippen molar-refractivity contribution < 1.29 is 0 Å². The van der Waals surface area contributed by atoms with E-state index in [1.807, 2.05) is 6.07 Å². The molecule has 0 aromatic carbocycles. The van der Waals surface area contributed by atoms with E-state index in [0.29, 0.717) is 6.04 Å². The number of hydrogen-bond acceptors (Lipinski definition) is 5. The van der Waals surface area contributed by atoms with Gasteiger partial charge in [0.2, 0.25) is 0 Å². The van der Waals surface area contributed by atoms with Gasteiger partial charge in [0, 0.05) is 25.3 Å². The van der Waals surface area contributed by atoms with Gasteiger partial charge in [-0.1, -0.05) is 6.92 Å². The SMILES string of the molecule is CCN1CCC(Nc2cccnc2-n2cncn2)CC1. The number of rotatable bonds is 4. The van der Waals surface area contributed by atoms with Crippen LogP contribution in [0.3, 0.4) is 0 Å². The highest BCUT2D eigenvalue weighted by molar-refractivity contribution is 5.56.